The Morgan fingerprint density at radius 3 is 1.40 bits per heavy atom. The summed E-state index contributed by atoms with van der Waals surface area (Å²) in [5.41, 5.74) is 4.80. The molecule has 5 nitrogen and oxygen atoms in total. The van der Waals surface area contributed by atoms with Gasteiger partial charge < -0.3 is 10.6 Å². The molecule has 2 aromatic rings. The first-order chi connectivity index (χ1) is 14.6. The zero-order valence-corrected chi connectivity index (χ0v) is 19.1. The van der Waals surface area contributed by atoms with Crippen LogP contribution in [0.4, 0.5) is 4.79 Å². The van der Waals surface area contributed by atoms with Crippen LogP contribution >= 0.6 is 0 Å². The van der Waals surface area contributed by atoms with Gasteiger partial charge in [-0.15, -0.1) is 0 Å². The second-order valence-electron chi connectivity index (χ2n) is 7.60. The van der Waals surface area contributed by atoms with Crippen LogP contribution in [0.1, 0.15) is 49.9 Å². The molecule has 0 radical (unpaired) electrons. The van der Waals surface area contributed by atoms with Gasteiger partial charge in [-0.1, -0.05) is 76.2 Å². The standard InChI is InChI=1S/C25H38N4O/c1-5-28(6-2)19-23-13-9-11-21(15-23)17-26-25(30)27-18-22-12-10-14-24(16-22)20-29(7-3)8-4/h9-16H,5-8,17-20H2,1-4H3,(H2,26,27,30). The molecule has 2 aromatic carbocycles. The smallest absolute Gasteiger partial charge is 0.315 e. The second kappa shape index (κ2) is 13.0. The molecule has 0 atom stereocenters. The van der Waals surface area contributed by atoms with Crippen LogP contribution in [0.3, 0.4) is 0 Å². The number of hydrogen-bond donors (Lipinski definition) is 2. The van der Waals surface area contributed by atoms with Crippen LogP contribution in [0.25, 0.3) is 0 Å². The monoisotopic (exact) mass is 410 g/mol. The lowest BCUT2D eigenvalue weighted by Crippen LogP contribution is -2.34. The summed E-state index contributed by atoms with van der Waals surface area (Å²) < 4.78 is 0. The van der Waals surface area contributed by atoms with E-state index in [1.165, 1.54) is 11.1 Å². The molecular formula is C25H38N4O. The van der Waals surface area contributed by atoms with E-state index < -0.39 is 0 Å². The molecule has 0 unspecified atom stereocenters. The van der Waals surface area contributed by atoms with Gasteiger partial charge in [0.2, 0.25) is 0 Å². The summed E-state index contributed by atoms with van der Waals surface area (Å²) in [6, 6.07) is 16.7. The van der Waals surface area contributed by atoms with Crippen molar-refractivity contribution in [3.63, 3.8) is 0 Å². The second-order valence-corrected chi connectivity index (χ2v) is 7.60. The number of urea groups is 1. The van der Waals surface area contributed by atoms with Gasteiger partial charge in [0.25, 0.3) is 0 Å². The number of rotatable bonds is 12. The summed E-state index contributed by atoms with van der Waals surface area (Å²) in [5, 5.41) is 5.94. The third-order valence-electron chi connectivity index (χ3n) is 5.49. The van der Waals surface area contributed by atoms with Gasteiger partial charge in [0, 0.05) is 26.2 Å². The van der Waals surface area contributed by atoms with Crippen LogP contribution in [0.5, 0.6) is 0 Å². The summed E-state index contributed by atoms with van der Waals surface area (Å²) in [6.45, 7) is 15.8. The van der Waals surface area contributed by atoms with Gasteiger partial charge in [-0.05, 0) is 48.4 Å². The number of carbonyl (C=O) groups excluding carboxylic acids is 1. The van der Waals surface area contributed by atoms with Gasteiger partial charge in [-0.3, -0.25) is 9.80 Å². The third-order valence-corrected chi connectivity index (χ3v) is 5.49. The maximum atomic E-state index is 12.3. The van der Waals surface area contributed by atoms with E-state index in [9.17, 15) is 4.79 Å². The molecule has 0 aromatic heterocycles. The van der Waals surface area contributed by atoms with Crippen molar-refractivity contribution in [1.82, 2.24) is 20.4 Å². The summed E-state index contributed by atoms with van der Waals surface area (Å²) in [7, 11) is 0. The maximum absolute atomic E-state index is 12.3. The number of carbonyl (C=O) groups is 1. The number of amides is 2. The molecule has 0 aliphatic rings. The lowest BCUT2D eigenvalue weighted by atomic mass is 10.1. The molecule has 5 heteroatoms. The zero-order chi connectivity index (χ0) is 21.8. The van der Waals surface area contributed by atoms with Crippen LogP contribution in [0.15, 0.2) is 48.5 Å². The van der Waals surface area contributed by atoms with Crippen molar-refractivity contribution < 1.29 is 4.79 Å². The Labute approximate surface area is 182 Å². The van der Waals surface area contributed by atoms with E-state index in [0.717, 1.165) is 50.4 Å². The molecule has 2 amide bonds. The largest absolute Gasteiger partial charge is 0.334 e. The van der Waals surface area contributed by atoms with E-state index in [-0.39, 0.29) is 6.03 Å². The molecule has 0 fully saturated rings. The lowest BCUT2D eigenvalue weighted by molar-refractivity contribution is 0.240. The molecule has 0 bridgehead atoms. The SMILES string of the molecule is CCN(CC)Cc1cccc(CNC(=O)NCc2cccc(CN(CC)CC)c2)c1. The topological polar surface area (TPSA) is 47.6 Å². The molecule has 0 aliphatic heterocycles. The predicted molar refractivity (Wildman–Crippen MR) is 125 cm³/mol. The van der Waals surface area contributed by atoms with E-state index in [2.05, 4.69) is 96.7 Å². The molecule has 0 saturated carbocycles. The molecule has 0 aliphatic carbocycles. The Morgan fingerprint density at radius 2 is 1.03 bits per heavy atom. The van der Waals surface area contributed by atoms with Crippen molar-refractivity contribution >= 4 is 6.03 Å². The molecule has 2 rings (SSSR count). The van der Waals surface area contributed by atoms with Gasteiger partial charge in [0.15, 0.2) is 0 Å². The minimum Gasteiger partial charge on any atom is -0.334 e. The van der Waals surface area contributed by atoms with Crippen LogP contribution < -0.4 is 10.6 Å². The van der Waals surface area contributed by atoms with Gasteiger partial charge in [0.05, 0.1) is 0 Å². The highest BCUT2D eigenvalue weighted by Gasteiger charge is 2.06. The minimum atomic E-state index is -0.140. The third kappa shape index (κ3) is 8.17. The van der Waals surface area contributed by atoms with Crippen molar-refractivity contribution in [2.24, 2.45) is 0 Å². The Bertz CT molecular complexity index is 706. The van der Waals surface area contributed by atoms with Gasteiger partial charge in [-0.2, -0.15) is 0 Å². The average Bonchev–Trinajstić information content (AvgIpc) is 2.78. The van der Waals surface area contributed by atoms with Crippen LogP contribution in [-0.2, 0) is 26.2 Å². The van der Waals surface area contributed by atoms with E-state index in [0.29, 0.717) is 13.1 Å². The first-order valence-electron chi connectivity index (χ1n) is 11.2. The fraction of sp³-hybridized carbons (Fsp3) is 0.480. The van der Waals surface area contributed by atoms with Crippen molar-refractivity contribution in [3.8, 4) is 0 Å². The van der Waals surface area contributed by atoms with E-state index >= 15 is 0 Å². The van der Waals surface area contributed by atoms with Crippen LogP contribution in [0, 0.1) is 0 Å². The predicted octanol–water partition coefficient (Wildman–Crippen LogP) is 4.37. The number of nitrogens with zero attached hydrogens (tertiary/aromatic N) is 2. The van der Waals surface area contributed by atoms with Gasteiger partial charge in [-0.25, -0.2) is 4.79 Å². The summed E-state index contributed by atoms with van der Waals surface area (Å²) >= 11 is 0. The molecule has 2 N–H and O–H groups in total. The Hall–Kier alpha value is -2.37. The van der Waals surface area contributed by atoms with Crippen molar-refractivity contribution in [2.45, 2.75) is 53.9 Å². The quantitative estimate of drug-likeness (QED) is 0.546. The lowest BCUT2D eigenvalue weighted by Gasteiger charge is -2.18. The Kier molecular flexibility index (Phi) is 10.4. The van der Waals surface area contributed by atoms with E-state index in [1.807, 2.05) is 0 Å². The Balaban J connectivity index is 1.81. The molecular weight excluding hydrogens is 372 g/mol. The fourth-order valence-electron chi connectivity index (χ4n) is 3.51. The molecule has 0 spiro atoms. The summed E-state index contributed by atoms with van der Waals surface area (Å²) in [4.78, 5) is 17.0. The molecule has 0 saturated heterocycles. The highest BCUT2D eigenvalue weighted by atomic mass is 16.2. The average molecular weight is 411 g/mol. The molecule has 0 heterocycles. The normalized spacial score (nSPS) is 11.1. The number of hydrogen-bond acceptors (Lipinski definition) is 3. The van der Waals surface area contributed by atoms with E-state index in [1.54, 1.807) is 0 Å². The van der Waals surface area contributed by atoms with Crippen LogP contribution in [-0.4, -0.2) is 42.0 Å². The van der Waals surface area contributed by atoms with E-state index in [4.69, 9.17) is 0 Å². The van der Waals surface area contributed by atoms with Crippen molar-refractivity contribution in [1.29, 1.82) is 0 Å². The maximum Gasteiger partial charge on any atom is 0.315 e. The molecule has 164 valence electrons. The summed E-state index contributed by atoms with van der Waals surface area (Å²) in [5.74, 6) is 0. The Morgan fingerprint density at radius 1 is 0.667 bits per heavy atom. The minimum absolute atomic E-state index is 0.140. The van der Waals surface area contributed by atoms with Gasteiger partial charge in [0.1, 0.15) is 0 Å². The highest BCUT2D eigenvalue weighted by Crippen LogP contribution is 2.10. The first kappa shape index (κ1) is 23.9. The number of nitrogens with one attached hydrogen (secondary N) is 2. The van der Waals surface area contributed by atoms with Gasteiger partial charge >= 0.3 is 6.03 Å². The van der Waals surface area contributed by atoms with Crippen LogP contribution in [0.2, 0.25) is 0 Å². The first-order valence-corrected chi connectivity index (χ1v) is 11.2. The molecule has 30 heavy (non-hydrogen) atoms. The highest BCUT2D eigenvalue weighted by molar-refractivity contribution is 5.73. The zero-order valence-electron chi connectivity index (χ0n) is 19.1. The summed E-state index contributed by atoms with van der Waals surface area (Å²) in [6.07, 6.45) is 0. The van der Waals surface area contributed by atoms with Crippen molar-refractivity contribution in [2.75, 3.05) is 26.2 Å². The fourth-order valence-corrected chi connectivity index (χ4v) is 3.51. The van der Waals surface area contributed by atoms with Crippen molar-refractivity contribution in [3.05, 3.63) is 70.8 Å². The number of benzene rings is 2.